The predicted molar refractivity (Wildman–Crippen MR) is 77.4 cm³/mol. The normalized spacial score (nSPS) is 10.2. The molecule has 0 spiro atoms. The Labute approximate surface area is 117 Å². The predicted octanol–water partition coefficient (Wildman–Crippen LogP) is 1.39. The number of aryl methyl sites for hydroxylation is 1. The average Bonchev–Trinajstić information content (AvgIpc) is 2.48. The molecule has 0 fully saturated rings. The molecule has 106 valence electrons. The Morgan fingerprint density at radius 3 is 2.70 bits per heavy atom. The standard InChI is InChI=1S/C13H18N6O/c1-8-12(17-9(2)18-13(8)19-14)16-7-10-4-5-15-11(6-10)20-3/h4-6H,7,14H2,1-3H3,(H2,16,17,18,19). The van der Waals surface area contributed by atoms with Gasteiger partial charge in [-0.05, 0) is 25.5 Å². The summed E-state index contributed by atoms with van der Waals surface area (Å²) in [5, 5.41) is 3.27. The maximum absolute atomic E-state index is 5.44. The van der Waals surface area contributed by atoms with E-state index >= 15 is 0 Å². The summed E-state index contributed by atoms with van der Waals surface area (Å²) < 4.78 is 5.10. The molecule has 4 N–H and O–H groups in total. The van der Waals surface area contributed by atoms with E-state index < -0.39 is 0 Å². The van der Waals surface area contributed by atoms with Gasteiger partial charge in [0, 0.05) is 24.4 Å². The van der Waals surface area contributed by atoms with Crippen molar-refractivity contribution in [3.05, 3.63) is 35.3 Å². The molecular weight excluding hydrogens is 256 g/mol. The lowest BCUT2D eigenvalue weighted by atomic mass is 10.2. The van der Waals surface area contributed by atoms with Crippen LogP contribution >= 0.6 is 0 Å². The number of nitrogens with one attached hydrogen (secondary N) is 2. The zero-order valence-electron chi connectivity index (χ0n) is 11.8. The van der Waals surface area contributed by atoms with Crippen LogP contribution in [0, 0.1) is 13.8 Å². The van der Waals surface area contributed by atoms with Crippen LogP contribution in [-0.2, 0) is 6.54 Å². The van der Waals surface area contributed by atoms with Gasteiger partial charge < -0.3 is 15.5 Å². The van der Waals surface area contributed by atoms with Gasteiger partial charge in [0.15, 0.2) is 0 Å². The molecule has 0 aliphatic heterocycles. The van der Waals surface area contributed by atoms with Gasteiger partial charge in [-0.15, -0.1) is 0 Å². The largest absolute Gasteiger partial charge is 0.481 e. The van der Waals surface area contributed by atoms with E-state index in [-0.39, 0.29) is 0 Å². The Bertz CT molecular complexity index is 601. The minimum Gasteiger partial charge on any atom is -0.481 e. The van der Waals surface area contributed by atoms with Gasteiger partial charge in [-0.1, -0.05) is 0 Å². The summed E-state index contributed by atoms with van der Waals surface area (Å²) in [6.07, 6.45) is 1.71. The third-order valence-electron chi connectivity index (χ3n) is 2.86. The molecule has 0 amide bonds. The molecule has 2 rings (SSSR count). The van der Waals surface area contributed by atoms with Gasteiger partial charge in [0.1, 0.15) is 17.5 Å². The number of methoxy groups -OCH3 is 1. The van der Waals surface area contributed by atoms with Crippen LogP contribution in [0.25, 0.3) is 0 Å². The fraction of sp³-hybridized carbons (Fsp3) is 0.308. The molecule has 0 saturated carbocycles. The number of nitrogens with zero attached hydrogens (tertiary/aromatic N) is 3. The Morgan fingerprint density at radius 2 is 2.00 bits per heavy atom. The SMILES string of the molecule is COc1cc(CNc2nc(C)nc(NN)c2C)ccn1. The molecule has 2 heterocycles. The topological polar surface area (TPSA) is 98.0 Å². The van der Waals surface area contributed by atoms with Gasteiger partial charge in [0.25, 0.3) is 0 Å². The van der Waals surface area contributed by atoms with Crippen molar-refractivity contribution >= 4 is 11.6 Å². The van der Waals surface area contributed by atoms with Crippen molar-refractivity contribution in [2.24, 2.45) is 5.84 Å². The summed E-state index contributed by atoms with van der Waals surface area (Å²) in [6.45, 7) is 4.34. The van der Waals surface area contributed by atoms with Crippen molar-refractivity contribution in [2.45, 2.75) is 20.4 Å². The molecule has 7 heteroatoms. The van der Waals surface area contributed by atoms with E-state index in [1.54, 1.807) is 13.3 Å². The van der Waals surface area contributed by atoms with E-state index in [0.717, 1.165) is 16.9 Å². The molecule has 0 bridgehead atoms. The van der Waals surface area contributed by atoms with E-state index in [1.807, 2.05) is 26.0 Å². The second-order valence-electron chi connectivity index (χ2n) is 4.30. The molecule has 0 radical (unpaired) electrons. The van der Waals surface area contributed by atoms with Crippen molar-refractivity contribution in [3.63, 3.8) is 0 Å². The first-order valence-electron chi connectivity index (χ1n) is 6.18. The molecule has 20 heavy (non-hydrogen) atoms. The van der Waals surface area contributed by atoms with Crippen LogP contribution in [0.3, 0.4) is 0 Å². The highest BCUT2D eigenvalue weighted by Crippen LogP contribution is 2.20. The van der Waals surface area contributed by atoms with Crippen LogP contribution in [0.2, 0.25) is 0 Å². The maximum Gasteiger partial charge on any atom is 0.213 e. The van der Waals surface area contributed by atoms with Crippen LogP contribution in [0.5, 0.6) is 5.88 Å². The number of hydrogen-bond acceptors (Lipinski definition) is 7. The molecule has 2 aromatic rings. The number of pyridine rings is 1. The minimum absolute atomic E-state index is 0.587. The van der Waals surface area contributed by atoms with Crippen LogP contribution in [0.15, 0.2) is 18.3 Å². The zero-order chi connectivity index (χ0) is 14.5. The number of hydrazine groups is 1. The number of nitrogen functional groups attached to an aromatic ring is 1. The lowest BCUT2D eigenvalue weighted by Gasteiger charge is -2.12. The Morgan fingerprint density at radius 1 is 1.25 bits per heavy atom. The lowest BCUT2D eigenvalue weighted by Crippen LogP contribution is -2.14. The van der Waals surface area contributed by atoms with Gasteiger partial charge in [-0.25, -0.2) is 20.8 Å². The van der Waals surface area contributed by atoms with E-state index in [9.17, 15) is 0 Å². The van der Waals surface area contributed by atoms with E-state index in [4.69, 9.17) is 10.6 Å². The van der Waals surface area contributed by atoms with Crippen LogP contribution in [-0.4, -0.2) is 22.1 Å². The molecule has 0 aliphatic carbocycles. The minimum atomic E-state index is 0.587. The first-order chi connectivity index (χ1) is 9.63. The Balaban J connectivity index is 2.16. The van der Waals surface area contributed by atoms with E-state index in [0.29, 0.717) is 24.1 Å². The van der Waals surface area contributed by atoms with Gasteiger partial charge in [-0.2, -0.15) is 0 Å². The van der Waals surface area contributed by atoms with Crippen molar-refractivity contribution in [1.82, 2.24) is 15.0 Å². The number of rotatable bonds is 5. The van der Waals surface area contributed by atoms with Crippen LogP contribution < -0.4 is 21.3 Å². The molecule has 0 unspecified atom stereocenters. The molecular formula is C13H18N6O. The number of nitrogens with two attached hydrogens (primary N) is 1. The van der Waals surface area contributed by atoms with Gasteiger partial charge in [-0.3, -0.25) is 0 Å². The van der Waals surface area contributed by atoms with Gasteiger partial charge in [0.2, 0.25) is 5.88 Å². The maximum atomic E-state index is 5.44. The number of aromatic nitrogens is 3. The van der Waals surface area contributed by atoms with Gasteiger partial charge >= 0.3 is 0 Å². The van der Waals surface area contributed by atoms with Crippen LogP contribution in [0.4, 0.5) is 11.6 Å². The third kappa shape index (κ3) is 3.12. The quantitative estimate of drug-likeness (QED) is 0.560. The highest BCUT2D eigenvalue weighted by atomic mass is 16.5. The summed E-state index contributed by atoms with van der Waals surface area (Å²) in [5.74, 6) is 8.05. The fourth-order valence-electron chi connectivity index (χ4n) is 1.80. The first kappa shape index (κ1) is 14.0. The third-order valence-corrected chi connectivity index (χ3v) is 2.86. The van der Waals surface area contributed by atoms with E-state index in [1.165, 1.54) is 0 Å². The second-order valence-corrected chi connectivity index (χ2v) is 4.30. The zero-order valence-corrected chi connectivity index (χ0v) is 11.8. The summed E-state index contributed by atoms with van der Waals surface area (Å²) in [6, 6.07) is 3.79. The van der Waals surface area contributed by atoms with Crippen molar-refractivity contribution in [1.29, 1.82) is 0 Å². The Hall–Kier alpha value is -2.41. The van der Waals surface area contributed by atoms with Crippen LogP contribution in [0.1, 0.15) is 17.0 Å². The molecule has 0 saturated heterocycles. The summed E-state index contributed by atoms with van der Waals surface area (Å²) in [5.41, 5.74) is 4.50. The highest BCUT2D eigenvalue weighted by molar-refractivity contribution is 5.56. The highest BCUT2D eigenvalue weighted by Gasteiger charge is 2.08. The smallest absolute Gasteiger partial charge is 0.213 e. The van der Waals surface area contributed by atoms with Crippen molar-refractivity contribution < 1.29 is 4.74 Å². The molecule has 0 aliphatic rings. The van der Waals surface area contributed by atoms with Crippen molar-refractivity contribution in [2.75, 3.05) is 17.9 Å². The lowest BCUT2D eigenvalue weighted by molar-refractivity contribution is 0.397. The Kier molecular flexibility index (Phi) is 4.31. The summed E-state index contributed by atoms with van der Waals surface area (Å²) in [7, 11) is 1.59. The average molecular weight is 274 g/mol. The molecule has 7 nitrogen and oxygen atoms in total. The number of hydrogen-bond donors (Lipinski definition) is 3. The molecule has 0 atom stereocenters. The number of anilines is 2. The second kappa shape index (κ2) is 6.16. The summed E-state index contributed by atoms with van der Waals surface area (Å²) in [4.78, 5) is 12.7. The molecule has 2 aromatic heterocycles. The number of ether oxygens (including phenoxy) is 1. The summed E-state index contributed by atoms with van der Waals surface area (Å²) >= 11 is 0. The van der Waals surface area contributed by atoms with Crippen molar-refractivity contribution in [3.8, 4) is 5.88 Å². The fourth-order valence-corrected chi connectivity index (χ4v) is 1.80. The van der Waals surface area contributed by atoms with E-state index in [2.05, 4.69) is 25.7 Å². The monoisotopic (exact) mass is 274 g/mol. The van der Waals surface area contributed by atoms with Gasteiger partial charge in [0.05, 0.1) is 7.11 Å². The first-order valence-corrected chi connectivity index (χ1v) is 6.18. The molecule has 0 aromatic carbocycles.